The highest BCUT2D eigenvalue weighted by Gasteiger charge is 2.10. The zero-order valence-electron chi connectivity index (χ0n) is 14.1. The normalized spacial score (nSPS) is 10.5. The van der Waals surface area contributed by atoms with Gasteiger partial charge in [0.15, 0.2) is 0 Å². The number of H-pyrrole nitrogens is 2. The molecule has 26 heavy (non-hydrogen) atoms. The molecule has 2 aromatic heterocycles. The fourth-order valence-electron chi connectivity index (χ4n) is 2.87. The maximum atomic E-state index is 13.7. The van der Waals surface area contributed by atoms with Crippen molar-refractivity contribution in [3.05, 3.63) is 70.5 Å². The molecule has 5 heteroatoms. The molecule has 2 nitrogen and oxygen atoms in total. The van der Waals surface area contributed by atoms with Crippen molar-refractivity contribution in [2.24, 2.45) is 0 Å². The Kier molecular flexibility index (Phi) is 6.43. The number of aromatic amines is 2. The Balaban J connectivity index is 0.000000180. The molecule has 138 valence electrons. The van der Waals surface area contributed by atoms with Crippen molar-refractivity contribution in [2.45, 2.75) is 34.1 Å². The Morgan fingerprint density at radius 1 is 0.846 bits per heavy atom. The summed E-state index contributed by atoms with van der Waals surface area (Å²) in [6.07, 6.45) is 4.79. The summed E-state index contributed by atoms with van der Waals surface area (Å²) in [5.74, 6) is -0.289. The minimum absolute atomic E-state index is 0. The summed E-state index contributed by atoms with van der Waals surface area (Å²) in [4.78, 5) is 5.88. The first-order valence-electron chi connectivity index (χ1n) is 8.25. The van der Waals surface area contributed by atoms with E-state index in [1.165, 1.54) is 0 Å². The third-order valence-corrected chi connectivity index (χ3v) is 4.62. The fraction of sp³-hybridized carbons (Fsp3) is 0.238. The molecular formula is C21H23ClF2N2. The number of rotatable bonds is 2. The van der Waals surface area contributed by atoms with E-state index in [2.05, 4.69) is 9.97 Å². The minimum Gasteiger partial charge on any atom is -0.361 e. The molecule has 4 rings (SSSR count). The monoisotopic (exact) mass is 376 g/mol. The van der Waals surface area contributed by atoms with Crippen LogP contribution in [0.4, 0.5) is 8.78 Å². The Hall–Kier alpha value is -2.33. The van der Waals surface area contributed by atoms with Crippen LogP contribution in [-0.2, 0) is 12.8 Å². The third-order valence-electron chi connectivity index (χ3n) is 4.33. The lowest BCUT2D eigenvalue weighted by Crippen LogP contribution is -1.87. The predicted octanol–water partition coefficient (Wildman–Crippen LogP) is 7.03. The summed E-state index contributed by atoms with van der Waals surface area (Å²) in [7, 11) is 0. The van der Waals surface area contributed by atoms with Crippen molar-refractivity contribution in [3.8, 4) is 0 Å². The maximum Gasteiger partial charge on any atom is 0.137 e. The van der Waals surface area contributed by atoms with Crippen LogP contribution in [0.15, 0.2) is 42.7 Å². The first kappa shape index (κ1) is 20.0. The second-order valence-corrected chi connectivity index (χ2v) is 6.19. The Morgan fingerprint density at radius 3 is 2.12 bits per heavy atom. The van der Waals surface area contributed by atoms with Gasteiger partial charge in [-0.2, -0.15) is 0 Å². The number of hydrogen-bond acceptors (Lipinski definition) is 0. The number of aromatic nitrogens is 2. The molecule has 0 bridgehead atoms. The summed E-state index contributed by atoms with van der Waals surface area (Å²) in [6.45, 7) is 3.88. The van der Waals surface area contributed by atoms with Crippen molar-refractivity contribution in [1.82, 2.24) is 9.97 Å². The van der Waals surface area contributed by atoms with Crippen LogP contribution in [0, 0.1) is 11.6 Å². The predicted molar refractivity (Wildman–Crippen MR) is 107 cm³/mol. The highest BCUT2D eigenvalue weighted by Crippen LogP contribution is 2.27. The average Bonchev–Trinajstić information content (AvgIpc) is 3.24. The van der Waals surface area contributed by atoms with Gasteiger partial charge in [0.25, 0.3) is 0 Å². The van der Waals surface area contributed by atoms with E-state index in [-0.39, 0.29) is 19.1 Å². The van der Waals surface area contributed by atoms with Gasteiger partial charge in [-0.15, -0.1) is 0 Å². The molecule has 2 N–H and O–H groups in total. The van der Waals surface area contributed by atoms with Crippen LogP contribution in [0.2, 0.25) is 5.02 Å². The topological polar surface area (TPSA) is 31.6 Å². The zero-order chi connectivity index (χ0) is 18.0. The third kappa shape index (κ3) is 3.61. The number of halogens is 3. The molecule has 2 heterocycles. The van der Waals surface area contributed by atoms with Crippen LogP contribution in [0.3, 0.4) is 0 Å². The molecule has 0 spiro atoms. The largest absolute Gasteiger partial charge is 0.361 e. The lowest BCUT2D eigenvalue weighted by molar-refractivity contribution is 0.624. The molecule has 4 aromatic rings. The second-order valence-electron chi connectivity index (χ2n) is 5.78. The molecule has 0 amide bonds. The first-order chi connectivity index (χ1) is 12.1. The van der Waals surface area contributed by atoms with Crippen molar-refractivity contribution in [2.75, 3.05) is 0 Å². The molecule has 2 aromatic carbocycles. The quantitative estimate of drug-likeness (QED) is 0.376. The van der Waals surface area contributed by atoms with E-state index in [9.17, 15) is 8.78 Å². The standard InChI is InChI=1S/C10H9ClFN.C10H10FN.CH4/c1-2-6-3-4-8-9(10(6)12)7(11)5-13-8;1-2-7-3-4-9-8(10(7)11)5-6-12-9;/h3-5,13H,2H2,1H3;3-6,12H,2H2,1H3;1H4. The number of fused-ring (bicyclic) bond motifs is 2. The van der Waals surface area contributed by atoms with Gasteiger partial charge in [-0.3, -0.25) is 0 Å². The van der Waals surface area contributed by atoms with E-state index in [4.69, 9.17) is 11.6 Å². The van der Waals surface area contributed by atoms with Crippen molar-refractivity contribution in [1.29, 1.82) is 0 Å². The smallest absolute Gasteiger partial charge is 0.137 e. The number of nitrogens with one attached hydrogen (secondary N) is 2. The van der Waals surface area contributed by atoms with Crippen LogP contribution in [0.1, 0.15) is 32.4 Å². The van der Waals surface area contributed by atoms with Gasteiger partial charge in [0.05, 0.1) is 10.4 Å². The lowest BCUT2D eigenvalue weighted by atomic mass is 10.1. The summed E-state index contributed by atoms with van der Waals surface area (Å²) in [6, 6.07) is 9.14. The van der Waals surface area contributed by atoms with Gasteiger partial charge in [-0.1, -0.05) is 45.0 Å². The maximum absolute atomic E-state index is 13.7. The molecule has 0 aliphatic heterocycles. The van der Waals surface area contributed by atoms with Gasteiger partial charge in [0, 0.05) is 28.8 Å². The summed E-state index contributed by atoms with van der Waals surface area (Å²) < 4.78 is 27.1. The fourth-order valence-corrected chi connectivity index (χ4v) is 3.11. The summed E-state index contributed by atoms with van der Waals surface area (Å²) in [5.41, 5.74) is 3.10. The Morgan fingerprint density at radius 2 is 1.46 bits per heavy atom. The van der Waals surface area contributed by atoms with Crippen molar-refractivity contribution >= 4 is 33.4 Å². The van der Waals surface area contributed by atoms with Gasteiger partial charge in [0.2, 0.25) is 0 Å². The molecule has 0 unspecified atom stereocenters. The van der Waals surface area contributed by atoms with Crippen LogP contribution >= 0.6 is 11.6 Å². The Bertz CT molecular complexity index is 1020. The highest BCUT2D eigenvalue weighted by molar-refractivity contribution is 6.35. The molecule has 0 aliphatic carbocycles. The molecule has 0 fully saturated rings. The minimum atomic E-state index is -0.203. The highest BCUT2D eigenvalue weighted by atomic mass is 35.5. The zero-order valence-corrected chi connectivity index (χ0v) is 14.8. The van der Waals surface area contributed by atoms with Crippen LogP contribution in [0.5, 0.6) is 0 Å². The van der Waals surface area contributed by atoms with E-state index in [1.54, 1.807) is 24.5 Å². The molecular weight excluding hydrogens is 354 g/mol. The lowest BCUT2D eigenvalue weighted by Gasteiger charge is -2.00. The molecule has 0 radical (unpaired) electrons. The van der Waals surface area contributed by atoms with Gasteiger partial charge in [-0.05, 0) is 42.2 Å². The Labute approximate surface area is 157 Å². The second kappa shape index (κ2) is 8.37. The number of aryl methyl sites for hydroxylation is 2. The van der Waals surface area contributed by atoms with Crippen LogP contribution in [-0.4, -0.2) is 9.97 Å². The van der Waals surface area contributed by atoms with Crippen molar-refractivity contribution < 1.29 is 8.78 Å². The van der Waals surface area contributed by atoms with E-state index >= 15 is 0 Å². The van der Waals surface area contributed by atoms with Crippen LogP contribution in [0.25, 0.3) is 21.8 Å². The van der Waals surface area contributed by atoms with E-state index < -0.39 is 0 Å². The molecule has 0 aliphatic rings. The van der Waals surface area contributed by atoms with Gasteiger partial charge in [-0.25, -0.2) is 8.78 Å². The van der Waals surface area contributed by atoms with E-state index in [0.29, 0.717) is 27.8 Å². The van der Waals surface area contributed by atoms with Crippen molar-refractivity contribution in [3.63, 3.8) is 0 Å². The van der Waals surface area contributed by atoms with E-state index in [0.717, 1.165) is 23.0 Å². The molecule has 0 saturated carbocycles. The van der Waals surface area contributed by atoms with Gasteiger partial charge < -0.3 is 9.97 Å². The number of hydrogen-bond donors (Lipinski definition) is 2. The molecule has 0 atom stereocenters. The first-order valence-corrected chi connectivity index (χ1v) is 8.63. The summed E-state index contributed by atoms with van der Waals surface area (Å²) in [5, 5.41) is 1.64. The van der Waals surface area contributed by atoms with Gasteiger partial charge in [0.1, 0.15) is 11.6 Å². The average molecular weight is 377 g/mol. The number of benzene rings is 2. The SMILES string of the molecule is C.CCc1ccc2[nH]cc(Cl)c2c1F.CCc1ccc2[nH]ccc2c1F. The molecule has 0 saturated heterocycles. The van der Waals surface area contributed by atoms with Crippen LogP contribution < -0.4 is 0 Å². The van der Waals surface area contributed by atoms with E-state index in [1.807, 2.05) is 32.0 Å². The van der Waals surface area contributed by atoms with Gasteiger partial charge >= 0.3 is 0 Å². The summed E-state index contributed by atoms with van der Waals surface area (Å²) >= 11 is 5.84.